The molecule has 0 saturated carbocycles. The number of nitrogens with one attached hydrogen (secondary N) is 2. The Hall–Kier alpha value is -2.10. The number of amides is 1. The molecule has 3 rings (SSSR count). The number of aromatic amines is 1. The molecule has 4 nitrogen and oxygen atoms in total. The summed E-state index contributed by atoms with van der Waals surface area (Å²) < 4.78 is 0. The van der Waals surface area contributed by atoms with E-state index in [4.69, 9.17) is 0 Å². The summed E-state index contributed by atoms with van der Waals surface area (Å²) in [5.74, 6) is 0.169. The fourth-order valence-corrected chi connectivity index (χ4v) is 2.69. The Morgan fingerprint density at radius 3 is 3.16 bits per heavy atom. The number of aromatic nitrogens is 2. The van der Waals surface area contributed by atoms with Gasteiger partial charge in [0.2, 0.25) is 5.91 Å². The van der Waals surface area contributed by atoms with E-state index in [1.807, 2.05) is 12.1 Å². The lowest BCUT2D eigenvalue weighted by Gasteiger charge is -2.11. The number of hydrogen-bond donors (Lipinski definition) is 2. The third-order valence-corrected chi connectivity index (χ3v) is 3.70. The van der Waals surface area contributed by atoms with Crippen LogP contribution in [0.1, 0.15) is 29.2 Å². The molecule has 0 radical (unpaired) electrons. The highest BCUT2D eigenvalue weighted by Crippen LogP contribution is 2.32. The third kappa shape index (κ3) is 2.52. The van der Waals surface area contributed by atoms with Crippen molar-refractivity contribution in [1.29, 1.82) is 0 Å². The van der Waals surface area contributed by atoms with E-state index in [1.54, 1.807) is 12.5 Å². The number of H-pyrrole nitrogens is 1. The Bertz CT molecular complexity index is 563. The van der Waals surface area contributed by atoms with Crippen LogP contribution in [0.4, 0.5) is 0 Å². The molecule has 98 valence electrons. The lowest BCUT2D eigenvalue weighted by molar-refractivity contribution is -0.122. The quantitative estimate of drug-likeness (QED) is 0.875. The molecular formula is C15H17N3O. The average molecular weight is 255 g/mol. The van der Waals surface area contributed by atoms with Crippen LogP contribution in [-0.4, -0.2) is 22.4 Å². The Morgan fingerprint density at radius 1 is 1.42 bits per heavy atom. The van der Waals surface area contributed by atoms with Crippen LogP contribution >= 0.6 is 0 Å². The zero-order valence-corrected chi connectivity index (χ0v) is 10.7. The van der Waals surface area contributed by atoms with Crippen molar-refractivity contribution < 1.29 is 4.79 Å². The molecule has 0 bridgehead atoms. The van der Waals surface area contributed by atoms with E-state index < -0.39 is 0 Å². The molecule has 2 N–H and O–H groups in total. The van der Waals surface area contributed by atoms with Gasteiger partial charge in [-0.1, -0.05) is 24.3 Å². The van der Waals surface area contributed by atoms with E-state index in [1.165, 1.54) is 11.1 Å². The Morgan fingerprint density at radius 2 is 2.32 bits per heavy atom. The average Bonchev–Trinajstić information content (AvgIpc) is 3.07. The molecule has 1 aliphatic carbocycles. The summed E-state index contributed by atoms with van der Waals surface area (Å²) in [6.07, 6.45) is 6.17. The number of imidazole rings is 1. The first-order valence-electron chi connectivity index (χ1n) is 6.67. The minimum Gasteiger partial charge on any atom is -0.355 e. The Kier molecular flexibility index (Phi) is 3.31. The second kappa shape index (κ2) is 5.26. The van der Waals surface area contributed by atoms with Gasteiger partial charge in [0.15, 0.2) is 0 Å². The number of hydrogen-bond acceptors (Lipinski definition) is 2. The molecule has 4 heteroatoms. The van der Waals surface area contributed by atoms with E-state index in [0.717, 1.165) is 25.0 Å². The maximum absolute atomic E-state index is 12.2. The molecule has 0 fully saturated rings. The van der Waals surface area contributed by atoms with Crippen LogP contribution in [0.2, 0.25) is 0 Å². The molecule has 0 aliphatic heterocycles. The molecular weight excluding hydrogens is 238 g/mol. The lowest BCUT2D eigenvalue weighted by Crippen LogP contribution is -2.30. The van der Waals surface area contributed by atoms with Gasteiger partial charge in [-0.25, -0.2) is 4.98 Å². The standard InChI is InChI=1S/C15H17N3O/c19-15(17-8-7-12-9-16-10-18-12)14-6-5-11-3-1-2-4-13(11)14/h1-4,9-10,14H,5-8H2,(H,16,18)(H,17,19)/t14-/m1/s1. The fourth-order valence-electron chi connectivity index (χ4n) is 2.69. The van der Waals surface area contributed by atoms with Crippen LogP contribution in [0.15, 0.2) is 36.8 Å². The van der Waals surface area contributed by atoms with E-state index in [2.05, 4.69) is 27.4 Å². The molecule has 19 heavy (non-hydrogen) atoms. The number of carbonyl (C=O) groups is 1. The highest BCUT2D eigenvalue weighted by atomic mass is 16.1. The van der Waals surface area contributed by atoms with E-state index in [9.17, 15) is 4.79 Å². The van der Waals surface area contributed by atoms with Gasteiger partial charge in [-0.15, -0.1) is 0 Å². The minimum absolute atomic E-state index is 0.0259. The third-order valence-electron chi connectivity index (χ3n) is 3.70. The van der Waals surface area contributed by atoms with Crippen LogP contribution in [-0.2, 0) is 17.6 Å². The second-order valence-corrected chi connectivity index (χ2v) is 4.91. The number of aryl methyl sites for hydroxylation is 1. The Balaban J connectivity index is 1.57. The van der Waals surface area contributed by atoms with Crippen molar-refractivity contribution in [2.45, 2.75) is 25.2 Å². The summed E-state index contributed by atoms with van der Waals surface area (Å²) >= 11 is 0. The number of rotatable bonds is 4. The van der Waals surface area contributed by atoms with Gasteiger partial charge in [0.1, 0.15) is 0 Å². The first-order valence-corrected chi connectivity index (χ1v) is 6.67. The van der Waals surface area contributed by atoms with Crippen LogP contribution in [0.3, 0.4) is 0 Å². The smallest absolute Gasteiger partial charge is 0.227 e. The monoisotopic (exact) mass is 255 g/mol. The predicted octanol–water partition coefficient (Wildman–Crippen LogP) is 1.80. The van der Waals surface area contributed by atoms with Crippen LogP contribution in [0.5, 0.6) is 0 Å². The molecule has 1 aromatic carbocycles. The SMILES string of the molecule is O=C(NCCc1cnc[nH]1)[C@@H]1CCc2ccccc21. The number of benzene rings is 1. The van der Waals surface area contributed by atoms with Gasteiger partial charge in [0, 0.05) is 24.9 Å². The summed E-state index contributed by atoms with van der Waals surface area (Å²) in [5, 5.41) is 3.02. The highest BCUT2D eigenvalue weighted by molar-refractivity contribution is 5.84. The predicted molar refractivity (Wildman–Crippen MR) is 72.8 cm³/mol. The first-order chi connectivity index (χ1) is 9.34. The van der Waals surface area contributed by atoms with Gasteiger partial charge in [-0.05, 0) is 24.0 Å². The number of fused-ring (bicyclic) bond motifs is 1. The normalized spacial score (nSPS) is 17.2. The molecule has 2 aromatic rings. The van der Waals surface area contributed by atoms with Gasteiger partial charge in [-0.3, -0.25) is 4.79 Å². The number of carbonyl (C=O) groups excluding carboxylic acids is 1. The second-order valence-electron chi connectivity index (χ2n) is 4.91. The summed E-state index contributed by atoms with van der Waals surface area (Å²) in [4.78, 5) is 19.2. The summed E-state index contributed by atoms with van der Waals surface area (Å²) in [5.41, 5.74) is 3.56. The highest BCUT2D eigenvalue weighted by Gasteiger charge is 2.27. The first kappa shape index (κ1) is 12.0. The van der Waals surface area contributed by atoms with Crippen molar-refractivity contribution in [3.63, 3.8) is 0 Å². The zero-order valence-electron chi connectivity index (χ0n) is 10.7. The van der Waals surface area contributed by atoms with Crippen molar-refractivity contribution in [3.8, 4) is 0 Å². The van der Waals surface area contributed by atoms with E-state index in [-0.39, 0.29) is 11.8 Å². The topological polar surface area (TPSA) is 57.8 Å². The molecule has 1 amide bonds. The van der Waals surface area contributed by atoms with Gasteiger partial charge >= 0.3 is 0 Å². The van der Waals surface area contributed by atoms with Crippen LogP contribution in [0, 0.1) is 0 Å². The van der Waals surface area contributed by atoms with Crippen LogP contribution in [0.25, 0.3) is 0 Å². The maximum Gasteiger partial charge on any atom is 0.227 e. The Labute approximate surface area is 112 Å². The molecule has 0 saturated heterocycles. The molecule has 0 unspecified atom stereocenters. The van der Waals surface area contributed by atoms with E-state index in [0.29, 0.717) is 6.54 Å². The molecule has 1 heterocycles. The van der Waals surface area contributed by atoms with Crippen molar-refractivity contribution >= 4 is 5.91 Å². The van der Waals surface area contributed by atoms with Gasteiger partial charge in [-0.2, -0.15) is 0 Å². The summed E-state index contributed by atoms with van der Waals surface area (Å²) in [6, 6.07) is 8.24. The summed E-state index contributed by atoms with van der Waals surface area (Å²) in [7, 11) is 0. The van der Waals surface area contributed by atoms with Gasteiger partial charge < -0.3 is 10.3 Å². The lowest BCUT2D eigenvalue weighted by atomic mass is 10.0. The largest absolute Gasteiger partial charge is 0.355 e. The maximum atomic E-state index is 12.2. The van der Waals surface area contributed by atoms with Gasteiger partial charge in [0.05, 0.1) is 12.2 Å². The van der Waals surface area contributed by atoms with Crippen molar-refractivity contribution in [1.82, 2.24) is 15.3 Å². The van der Waals surface area contributed by atoms with Crippen molar-refractivity contribution in [3.05, 3.63) is 53.6 Å². The van der Waals surface area contributed by atoms with E-state index >= 15 is 0 Å². The summed E-state index contributed by atoms with van der Waals surface area (Å²) in [6.45, 7) is 0.652. The minimum atomic E-state index is 0.0259. The van der Waals surface area contributed by atoms with Crippen LogP contribution < -0.4 is 5.32 Å². The molecule has 0 spiro atoms. The van der Waals surface area contributed by atoms with Crippen molar-refractivity contribution in [2.75, 3.05) is 6.54 Å². The molecule has 1 aromatic heterocycles. The molecule has 1 atom stereocenters. The number of nitrogens with zero attached hydrogens (tertiary/aromatic N) is 1. The van der Waals surface area contributed by atoms with Gasteiger partial charge in [0.25, 0.3) is 0 Å². The zero-order chi connectivity index (χ0) is 13.1. The molecule has 1 aliphatic rings. The van der Waals surface area contributed by atoms with Crippen molar-refractivity contribution in [2.24, 2.45) is 0 Å². The fraction of sp³-hybridized carbons (Fsp3) is 0.333.